The second-order valence-electron chi connectivity index (χ2n) is 19.0. The third-order valence-corrected chi connectivity index (χ3v) is 15.6. The van der Waals surface area contributed by atoms with E-state index >= 15 is 0 Å². The molecule has 0 spiro atoms. The van der Waals surface area contributed by atoms with Crippen LogP contribution in [0.5, 0.6) is 23.0 Å². The Morgan fingerprint density at radius 1 is 0.500 bits per heavy atom. The number of hydrogen-bond acceptors (Lipinski definition) is 14. The number of fused-ring (bicyclic) bond motifs is 2. The quantitative estimate of drug-likeness (QED) is 0.0282. The molecule has 5 N–H and O–H groups in total. The van der Waals surface area contributed by atoms with Gasteiger partial charge in [-0.05, 0) is 73.5 Å². The van der Waals surface area contributed by atoms with E-state index in [2.05, 4.69) is 6.92 Å². The van der Waals surface area contributed by atoms with Crippen molar-refractivity contribution < 1.29 is 131 Å². The van der Waals surface area contributed by atoms with Crippen molar-refractivity contribution in [2.45, 2.75) is 120 Å². The van der Waals surface area contributed by atoms with Gasteiger partial charge in [0.1, 0.15) is 27.7 Å². The number of rotatable bonds is 22. The van der Waals surface area contributed by atoms with Gasteiger partial charge in [-0.3, -0.25) is 4.55 Å². The summed E-state index contributed by atoms with van der Waals surface area (Å²) in [4.78, 5) is 48.4. The van der Waals surface area contributed by atoms with Gasteiger partial charge >= 0.3 is 71.1 Å². The number of aromatic hydroxyl groups is 4. The third kappa shape index (κ3) is 14.6. The molecule has 2 heterocycles. The Balaban J connectivity index is 0.000000249. The molecular weight excluding hydrogens is 1040 g/mol. The first-order valence-corrected chi connectivity index (χ1v) is 27.0. The van der Waals surface area contributed by atoms with Gasteiger partial charge in [-0.1, -0.05) is 176 Å². The summed E-state index contributed by atoms with van der Waals surface area (Å²) in [6, 6.07) is 40.9. The average molecular weight is 1100 g/mol. The number of phenols is 4. The van der Waals surface area contributed by atoms with Crippen LogP contribution in [0.1, 0.15) is 158 Å². The average Bonchev–Trinajstić information content (AvgIpc) is 4.06. The number of aliphatic carboxylic acids is 2. The molecule has 402 valence electrons. The summed E-state index contributed by atoms with van der Waals surface area (Å²) in [5, 5.41) is 61.9. The van der Waals surface area contributed by atoms with Crippen molar-refractivity contribution in [2.24, 2.45) is 5.92 Å². The van der Waals surface area contributed by atoms with E-state index in [0.29, 0.717) is 30.4 Å². The number of benzene rings is 6. The summed E-state index contributed by atoms with van der Waals surface area (Å²) in [7, 11) is -5.20. The number of carboxylic acids is 2. The molecule has 2 unspecified atom stereocenters. The minimum atomic E-state index is -5.20. The molecule has 15 nitrogen and oxygen atoms in total. The monoisotopic (exact) mass is 1100 g/mol. The number of unbranched alkanes of at least 4 members (excludes halogenated alkanes) is 10. The van der Waals surface area contributed by atoms with Crippen molar-refractivity contribution >= 4 is 34.0 Å². The molecule has 6 aromatic carbocycles. The van der Waals surface area contributed by atoms with Gasteiger partial charge < -0.3 is 49.7 Å². The molecule has 0 saturated heterocycles. The van der Waals surface area contributed by atoms with Crippen LogP contribution in [0.25, 0.3) is 0 Å². The van der Waals surface area contributed by atoms with Gasteiger partial charge in [0.2, 0.25) is 0 Å². The molecule has 2 atom stereocenters. The standard InChI is InChI=1S/C20H38O7S.2C20H14O4.2Na/c1-3-5-7-9-11-13-15-17(18(21)22)20(19(23)24,28(25,26)27)16-14-12-10-8-6-4-2;2*21-15-9-5-13(6-10-15)20(14-7-11-16(22)12-8-14)18-4-2-1-3-17(18)19(23)24-20;;/h17H,3-16H2,1-2H3,(H,21,22)(H,23,24)(H,25,26,27);2*1-12,21-22H;;/q;;;2*+1/p-2. The van der Waals surface area contributed by atoms with Gasteiger partial charge in [-0.25, -0.2) is 9.59 Å². The van der Waals surface area contributed by atoms with Gasteiger partial charge in [-0.15, -0.1) is 0 Å². The Morgan fingerprint density at radius 2 is 0.808 bits per heavy atom. The van der Waals surface area contributed by atoms with Crippen molar-refractivity contribution in [1.29, 1.82) is 0 Å². The summed E-state index contributed by atoms with van der Waals surface area (Å²) < 4.78 is 42.6. The zero-order chi connectivity index (χ0) is 55.1. The number of carboxylic acid groups (broad SMARTS) is 2. The molecule has 18 heteroatoms. The number of cyclic esters (lactones) is 2. The third-order valence-electron chi connectivity index (χ3n) is 14.0. The summed E-state index contributed by atoms with van der Waals surface area (Å²) in [5.41, 5.74) is 3.21. The molecule has 78 heavy (non-hydrogen) atoms. The number of phenolic OH excluding ortho intramolecular Hbond substituents is 4. The molecule has 2 aliphatic rings. The molecule has 0 radical (unpaired) electrons. The molecule has 0 aromatic heterocycles. The van der Waals surface area contributed by atoms with Crippen molar-refractivity contribution in [3.8, 4) is 23.0 Å². The Labute approximate surface area is 500 Å². The first-order valence-electron chi connectivity index (χ1n) is 25.6. The number of carbonyl (C=O) groups is 4. The predicted octanol–water partition coefficient (Wildman–Crippen LogP) is 3.36. The normalized spacial score (nSPS) is 14.6. The van der Waals surface area contributed by atoms with E-state index in [4.69, 9.17) is 9.47 Å². The fraction of sp³-hybridized carbons (Fsp3) is 0.333. The maximum atomic E-state index is 12.4. The van der Waals surface area contributed by atoms with E-state index in [1.54, 1.807) is 121 Å². The minimum absolute atomic E-state index is 0. The molecule has 2 aliphatic heterocycles. The molecule has 8 rings (SSSR count). The van der Waals surface area contributed by atoms with E-state index in [-0.39, 0.29) is 95.0 Å². The largest absolute Gasteiger partial charge is 1.00 e. The smallest absolute Gasteiger partial charge is 0.550 e. The van der Waals surface area contributed by atoms with Crippen LogP contribution in [0, 0.1) is 5.92 Å². The number of hydrogen-bond donors (Lipinski definition) is 5. The maximum Gasteiger partial charge on any atom is 1.00 e. The van der Waals surface area contributed by atoms with Crippen LogP contribution in [-0.2, 0) is 40.4 Å². The number of ether oxygens (including phenoxy) is 2. The topological polar surface area (TPSA) is 268 Å². The molecule has 0 aliphatic carbocycles. The van der Waals surface area contributed by atoms with Crippen LogP contribution in [0.4, 0.5) is 0 Å². The minimum Gasteiger partial charge on any atom is -0.550 e. The Hall–Kier alpha value is -5.69. The first kappa shape index (κ1) is 64.8. The Morgan fingerprint density at radius 3 is 1.12 bits per heavy atom. The van der Waals surface area contributed by atoms with E-state index in [1.807, 2.05) is 31.2 Å². The summed E-state index contributed by atoms with van der Waals surface area (Å²) >= 11 is 0. The Bertz CT molecular complexity index is 2790. The summed E-state index contributed by atoms with van der Waals surface area (Å²) in [6.07, 6.45) is 8.78. The van der Waals surface area contributed by atoms with Gasteiger partial charge in [-0.2, -0.15) is 8.42 Å². The van der Waals surface area contributed by atoms with Crippen LogP contribution in [-0.4, -0.2) is 62.0 Å². The van der Waals surface area contributed by atoms with E-state index in [0.717, 1.165) is 84.7 Å². The summed E-state index contributed by atoms with van der Waals surface area (Å²) in [6.45, 7) is 4.11. The summed E-state index contributed by atoms with van der Waals surface area (Å²) in [5.74, 6) is -5.93. The molecule has 0 saturated carbocycles. The van der Waals surface area contributed by atoms with Gasteiger partial charge in [0.05, 0.1) is 17.1 Å². The van der Waals surface area contributed by atoms with Crippen molar-refractivity contribution in [3.05, 3.63) is 190 Å². The molecule has 0 bridgehead atoms. The van der Waals surface area contributed by atoms with Gasteiger partial charge in [0.15, 0.2) is 11.2 Å². The zero-order valence-corrected chi connectivity index (χ0v) is 49.4. The van der Waals surface area contributed by atoms with Crippen LogP contribution < -0.4 is 69.3 Å². The van der Waals surface area contributed by atoms with Gasteiger partial charge in [0.25, 0.3) is 10.1 Å². The van der Waals surface area contributed by atoms with E-state index in [1.165, 1.54) is 0 Å². The number of esters is 2. The number of carbonyl (C=O) groups excluding carboxylic acids is 4. The Kier molecular flexibility index (Phi) is 24.5. The van der Waals surface area contributed by atoms with E-state index < -0.39 is 62.3 Å². The molecule has 0 amide bonds. The maximum absolute atomic E-state index is 12.4. The SMILES string of the molecule is CCCCCCCCC(C(=O)[O-])C(CCCCCCCC)(C(=O)[O-])S(=O)(=O)O.O=C1OC(c2ccc(O)cc2)(c2ccc(O)cc2)c2ccccc21.O=C1OC(c2ccc(O)cc2)(c2ccc(O)cc2)c2ccccc21.[Na+].[Na+]. The fourth-order valence-electron chi connectivity index (χ4n) is 10.1. The van der Waals surface area contributed by atoms with Crippen LogP contribution >= 0.6 is 0 Å². The van der Waals surface area contributed by atoms with Gasteiger partial charge in [0, 0.05) is 45.3 Å². The van der Waals surface area contributed by atoms with E-state index in [9.17, 15) is 62.8 Å². The molecule has 6 aromatic rings. The van der Waals surface area contributed by atoms with Crippen LogP contribution in [0.3, 0.4) is 0 Å². The molecule has 0 fully saturated rings. The first-order chi connectivity index (χ1) is 36.4. The second kappa shape index (κ2) is 29.5. The van der Waals surface area contributed by atoms with Crippen molar-refractivity contribution in [1.82, 2.24) is 0 Å². The molecular formula is C60H64Na2O15S. The predicted molar refractivity (Wildman–Crippen MR) is 280 cm³/mol. The van der Waals surface area contributed by atoms with Crippen molar-refractivity contribution in [2.75, 3.05) is 0 Å². The fourth-order valence-corrected chi connectivity index (χ4v) is 11.3. The zero-order valence-electron chi connectivity index (χ0n) is 44.6. The van der Waals surface area contributed by atoms with Crippen LogP contribution in [0.15, 0.2) is 146 Å². The second-order valence-corrected chi connectivity index (χ2v) is 20.7. The van der Waals surface area contributed by atoms with Crippen molar-refractivity contribution in [3.63, 3.8) is 0 Å². The van der Waals surface area contributed by atoms with Crippen LogP contribution in [0.2, 0.25) is 0 Å².